The van der Waals surface area contributed by atoms with Gasteiger partial charge in [0.1, 0.15) is 5.82 Å². The molecule has 2 aliphatic rings. The van der Waals surface area contributed by atoms with Crippen LogP contribution in [-0.2, 0) is 13.0 Å². The van der Waals surface area contributed by atoms with Crippen LogP contribution >= 0.6 is 0 Å². The lowest BCUT2D eigenvalue weighted by Gasteiger charge is -2.20. The van der Waals surface area contributed by atoms with Gasteiger partial charge >= 0.3 is 5.70 Å². The third kappa shape index (κ3) is 3.81. The van der Waals surface area contributed by atoms with E-state index in [0.717, 1.165) is 5.56 Å². The first-order valence-electron chi connectivity index (χ1n) is 9.51. The van der Waals surface area contributed by atoms with E-state index in [2.05, 4.69) is 21.4 Å². The van der Waals surface area contributed by atoms with Crippen molar-refractivity contribution in [3.8, 4) is 11.5 Å². The molecule has 0 spiro atoms. The Bertz CT molecular complexity index is 1220. The molecule has 1 aliphatic carbocycles. The first kappa shape index (κ1) is 20.0. The molecule has 158 valence electrons. The molecule has 1 aromatic carbocycles. The number of hydrogen-bond donors (Lipinski definition) is 2. The molecule has 4 rings (SSSR count). The van der Waals surface area contributed by atoms with E-state index in [-0.39, 0.29) is 24.3 Å². The van der Waals surface area contributed by atoms with Gasteiger partial charge in [-0.05, 0) is 29.8 Å². The predicted octanol–water partition coefficient (Wildman–Crippen LogP) is 2.26. The molecule has 0 amide bonds. The first-order valence-corrected chi connectivity index (χ1v) is 9.51. The predicted molar refractivity (Wildman–Crippen MR) is 113 cm³/mol. The number of nitrogens with zero attached hydrogens (tertiary/aromatic N) is 4. The van der Waals surface area contributed by atoms with Gasteiger partial charge in [0.05, 0.1) is 16.2 Å². The number of anilines is 2. The van der Waals surface area contributed by atoms with Crippen LogP contribution in [0.1, 0.15) is 23.7 Å². The molecule has 0 saturated carbocycles. The summed E-state index contributed by atoms with van der Waals surface area (Å²) < 4.78 is 10.7. The molecule has 2 aromatic rings. The van der Waals surface area contributed by atoms with Crippen molar-refractivity contribution in [3.63, 3.8) is 0 Å². The summed E-state index contributed by atoms with van der Waals surface area (Å²) in [5.41, 5.74) is 20.1. The number of benzene rings is 1. The molecular weight excluding hydrogens is 400 g/mol. The zero-order valence-corrected chi connectivity index (χ0v) is 17.0. The molecule has 0 unspecified atom stereocenters. The number of ether oxygens (including phenoxy) is 2. The van der Waals surface area contributed by atoms with E-state index in [1.807, 2.05) is 25.1 Å². The van der Waals surface area contributed by atoms with Gasteiger partial charge < -0.3 is 25.8 Å². The third-order valence-electron chi connectivity index (χ3n) is 4.91. The van der Waals surface area contributed by atoms with Crippen LogP contribution in [0.5, 0.6) is 11.5 Å². The number of rotatable bonds is 6. The molecule has 10 heteroatoms. The second-order valence-electron chi connectivity index (χ2n) is 6.98. The van der Waals surface area contributed by atoms with Gasteiger partial charge in [0, 0.05) is 25.2 Å². The number of aromatic nitrogens is 2. The van der Waals surface area contributed by atoms with E-state index in [9.17, 15) is 10.1 Å². The quantitative estimate of drug-likeness (QED) is 0.408. The standard InChI is InChI=1S/C21H20N6O4/c1-3-14-19(20(22)25-21(23)24-14)13-5-6-15(16(9-13)27(28)29)26(2)10-12-4-7-17-18(8-12)31-11-30-17/h4,7-9H,3,10-11H2,1-2H3,(H4,22,23,24,25). The number of nitro groups is 1. The van der Waals surface area contributed by atoms with Gasteiger partial charge in [0.15, 0.2) is 17.2 Å². The van der Waals surface area contributed by atoms with Gasteiger partial charge in [-0.1, -0.05) is 18.7 Å². The second-order valence-corrected chi connectivity index (χ2v) is 6.98. The molecule has 0 saturated heterocycles. The van der Waals surface area contributed by atoms with Crippen molar-refractivity contribution in [3.05, 3.63) is 74.1 Å². The van der Waals surface area contributed by atoms with Crippen LogP contribution < -0.4 is 20.9 Å². The zero-order chi connectivity index (χ0) is 22.1. The molecule has 10 nitrogen and oxygen atoms in total. The summed E-state index contributed by atoms with van der Waals surface area (Å²) in [5, 5.41) is 11.8. The van der Waals surface area contributed by atoms with Gasteiger partial charge in [-0.15, -0.1) is 0 Å². The van der Waals surface area contributed by atoms with E-state index in [1.54, 1.807) is 11.9 Å². The van der Waals surface area contributed by atoms with Crippen LogP contribution in [-0.4, -0.2) is 33.6 Å². The maximum absolute atomic E-state index is 11.8. The smallest absolute Gasteiger partial charge is 0.302 e. The summed E-state index contributed by atoms with van der Waals surface area (Å²) in [5.74, 6) is 1.52. The molecule has 0 fully saturated rings. The molecule has 4 N–H and O–H groups in total. The summed E-state index contributed by atoms with van der Waals surface area (Å²) in [6.07, 6.45) is 1.94. The molecule has 31 heavy (non-hydrogen) atoms. The highest BCUT2D eigenvalue weighted by molar-refractivity contribution is 5.82. The Morgan fingerprint density at radius 2 is 2.00 bits per heavy atom. The monoisotopic (exact) mass is 420 g/mol. The van der Waals surface area contributed by atoms with Crippen molar-refractivity contribution in [2.24, 2.45) is 0 Å². The summed E-state index contributed by atoms with van der Waals surface area (Å²) >= 11 is 0. The lowest BCUT2D eigenvalue weighted by molar-refractivity contribution is -0.422. The van der Waals surface area contributed by atoms with Gasteiger partial charge in [0.2, 0.25) is 12.7 Å². The van der Waals surface area contributed by atoms with Gasteiger partial charge in [-0.3, -0.25) is 10.1 Å². The zero-order valence-electron chi connectivity index (χ0n) is 17.0. The lowest BCUT2D eigenvalue weighted by Crippen LogP contribution is -2.22. The molecule has 1 aliphatic heterocycles. The number of allylic oxidation sites excluding steroid dienone is 2. The van der Waals surface area contributed by atoms with Crippen LogP contribution in [0.4, 0.5) is 11.8 Å². The van der Waals surface area contributed by atoms with Crippen molar-refractivity contribution < 1.29 is 14.4 Å². The maximum atomic E-state index is 11.8. The third-order valence-corrected chi connectivity index (χ3v) is 4.91. The number of likely N-dealkylation sites (N-methyl/N-ethyl adjacent to an activating group) is 1. The molecule has 2 heterocycles. The van der Waals surface area contributed by atoms with Crippen LogP contribution in [0, 0.1) is 10.1 Å². The average molecular weight is 420 g/mol. The second kappa shape index (κ2) is 7.87. The number of nitrogen functional groups attached to an aromatic ring is 2. The van der Waals surface area contributed by atoms with Crippen molar-refractivity contribution in [1.29, 1.82) is 0 Å². The highest BCUT2D eigenvalue weighted by Crippen LogP contribution is 2.34. The highest BCUT2D eigenvalue weighted by atomic mass is 16.7. The van der Waals surface area contributed by atoms with Crippen molar-refractivity contribution in [2.45, 2.75) is 19.9 Å². The number of nitrogens with two attached hydrogens (primary N) is 2. The molecule has 0 radical (unpaired) electrons. The summed E-state index contributed by atoms with van der Waals surface area (Å²) in [7, 11) is 1.75. The number of aryl methyl sites for hydroxylation is 1. The first-order chi connectivity index (χ1) is 14.9. The Labute approximate surface area is 177 Å². The molecule has 1 aromatic heterocycles. The van der Waals surface area contributed by atoms with E-state index in [4.69, 9.17) is 20.9 Å². The molecule has 0 bridgehead atoms. The van der Waals surface area contributed by atoms with Crippen LogP contribution in [0.25, 0.3) is 5.57 Å². The Kier molecular flexibility index (Phi) is 5.09. The van der Waals surface area contributed by atoms with E-state index in [1.165, 1.54) is 6.08 Å². The van der Waals surface area contributed by atoms with Crippen LogP contribution in [0.2, 0.25) is 0 Å². The van der Waals surface area contributed by atoms with E-state index >= 15 is 0 Å². The minimum atomic E-state index is -0.459. The van der Waals surface area contributed by atoms with Gasteiger partial charge in [0.25, 0.3) is 0 Å². The maximum Gasteiger partial charge on any atom is 0.302 e. The Morgan fingerprint density at radius 3 is 2.74 bits per heavy atom. The van der Waals surface area contributed by atoms with E-state index < -0.39 is 4.92 Å². The fourth-order valence-electron chi connectivity index (χ4n) is 3.48. The SMILES string of the molecule is CCc1nc(N)nc(N)c1C1=C=C=C(N(C)Cc2ccc3c(c2)OCO3)C([N+](=O)[O-])=C1. The summed E-state index contributed by atoms with van der Waals surface area (Å²) in [6.45, 7) is 2.47. The summed E-state index contributed by atoms with van der Waals surface area (Å²) in [6, 6.07) is 5.55. The lowest BCUT2D eigenvalue weighted by atomic mass is 10.00. The molecular formula is C21H20N6O4. The van der Waals surface area contributed by atoms with Crippen molar-refractivity contribution in [2.75, 3.05) is 25.3 Å². The summed E-state index contributed by atoms with van der Waals surface area (Å²) in [4.78, 5) is 21.3. The number of hydrogen-bond acceptors (Lipinski definition) is 9. The Hall–Kier alpha value is -4.26. The normalized spacial score (nSPS) is 14.1. The van der Waals surface area contributed by atoms with Gasteiger partial charge in [-0.25, -0.2) is 4.98 Å². The van der Waals surface area contributed by atoms with Crippen molar-refractivity contribution >= 4 is 17.3 Å². The fourth-order valence-corrected chi connectivity index (χ4v) is 3.48. The van der Waals surface area contributed by atoms with Gasteiger partial charge in [-0.2, -0.15) is 4.98 Å². The number of fused-ring (bicyclic) bond motifs is 1. The minimum Gasteiger partial charge on any atom is -0.454 e. The largest absolute Gasteiger partial charge is 0.454 e. The van der Waals surface area contributed by atoms with Crippen LogP contribution in [0.3, 0.4) is 0 Å². The van der Waals surface area contributed by atoms with E-state index in [0.29, 0.717) is 47.0 Å². The Balaban J connectivity index is 1.73. The van der Waals surface area contributed by atoms with Crippen LogP contribution in [0.15, 0.2) is 47.1 Å². The average Bonchev–Trinajstić information content (AvgIpc) is 3.20. The topological polar surface area (TPSA) is 143 Å². The minimum absolute atomic E-state index is 0.0525. The van der Waals surface area contributed by atoms with Crippen molar-refractivity contribution in [1.82, 2.24) is 14.9 Å². The fraction of sp³-hybridized carbons (Fsp3) is 0.238. The highest BCUT2D eigenvalue weighted by Gasteiger charge is 2.26. The Morgan fingerprint density at radius 1 is 1.23 bits per heavy atom. The molecule has 0 atom stereocenters.